The van der Waals surface area contributed by atoms with Crippen LogP contribution < -0.4 is 0 Å². The first-order chi connectivity index (χ1) is 11.3. The van der Waals surface area contributed by atoms with Gasteiger partial charge in [0.25, 0.3) is 0 Å². The van der Waals surface area contributed by atoms with Crippen molar-refractivity contribution in [2.75, 3.05) is 0 Å². The number of fused-ring (bicyclic) bond motifs is 1. The molecule has 24 heavy (non-hydrogen) atoms. The van der Waals surface area contributed by atoms with Crippen molar-refractivity contribution in [3.8, 4) is 0 Å². The quantitative estimate of drug-likeness (QED) is 0.436. The lowest BCUT2D eigenvalue weighted by Gasteiger charge is -2.27. The van der Waals surface area contributed by atoms with Gasteiger partial charge < -0.3 is 9.47 Å². The van der Waals surface area contributed by atoms with Crippen LogP contribution in [0, 0.1) is 5.92 Å². The van der Waals surface area contributed by atoms with Gasteiger partial charge in [0, 0.05) is 17.6 Å². The molecule has 4 heteroatoms. The van der Waals surface area contributed by atoms with Gasteiger partial charge in [-0.15, -0.1) is 0 Å². The minimum atomic E-state index is -0.463. The van der Waals surface area contributed by atoms with Crippen LogP contribution >= 0.6 is 0 Å². The van der Waals surface area contributed by atoms with E-state index in [4.69, 9.17) is 9.47 Å². The van der Waals surface area contributed by atoms with Crippen LogP contribution in [0.15, 0.2) is 47.1 Å². The van der Waals surface area contributed by atoms with Gasteiger partial charge >= 0.3 is 11.9 Å². The maximum absolute atomic E-state index is 12.3. The van der Waals surface area contributed by atoms with Crippen molar-refractivity contribution in [1.29, 1.82) is 0 Å². The molecule has 1 fully saturated rings. The van der Waals surface area contributed by atoms with E-state index in [-0.39, 0.29) is 11.9 Å². The molecule has 2 aliphatic rings. The van der Waals surface area contributed by atoms with Gasteiger partial charge in [0.1, 0.15) is 12.2 Å². The first kappa shape index (κ1) is 18.2. The fourth-order valence-corrected chi connectivity index (χ4v) is 3.08. The molecule has 0 aromatic rings. The van der Waals surface area contributed by atoms with Crippen molar-refractivity contribution < 1.29 is 19.1 Å². The third-order valence-corrected chi connectivity index (χ3v) is 4.68. The molecule has 0 bridgehead atoms. The monoisotopic (exact) mass is 330 g/mol. The molecule has 2 rings (SSSR count). The Morgan fingerprint density at radius 1 is 1.38 bits per heavy atom. The average molecular weight is 330 g/mol. The predicted molar refractivity (Wildman–Crippen MR) is 93.2 cm³/mol. The van der Waals surface area contributed by atoms with Crippen LogP contribution in [0.1, 0.15) is 47.0 Å². The van der Waals surface area contributed by atoms with Gasteiger partial charge in [-0.1, -0.05) is 29.9 Å². The highest BCUT2D eigenvalue weighted by Crippen LogP contribution is 2.36. The van der Waals surface area contributed by atoms with Crippen LogP contribution in [0.2, 0.25) is 0 Å². The fourth-order valence-electron chi connectivity index (χ4n) is 3.08. The van der Waals surface area contributed by atoms with Crippen molar-refractivity contribution in [2.45, 2.75) is 59.2 Å². The van der Waals surface area contributed by atoms with Crippen molar-refractivity contribution in [2.24, 2.45) is 5.92 Å². The molecular weight excluding hydrogens is 304 g/mol. The Kier molecular flexibility index (Phi) is 5.81. The topological polar surface area (TPSA) is 52.6 Å². The number of hydrogen-bond acceptors (Lipinski definition) is 4. The summed E-state index contributed by atoms with van der Waals surface area (Å²) in [5.41, 5.74) is 3.24. The number of hydrogen-bond donors (Lipinski definition) is 0. The molecule has 1 heterocycles. The normalized spacial score (nSPS) is 32.8. The number of carbonyl (C=O) groups is 2. The molecule has 130 valence electrons. The van der Waals surface area contributed by atoms with Crippen LogP contribution in [-0.4, -0.2) is 24.1 Å². The molecule has 0 aromatic heterocycles. The second-order valence-corrected chi connectivity index (χ2v) is 6.64. The standard InChI is InChI=1S/C20H26O4/c1-6-14(4)19(21)23-16-10-12(2)8-7-9-13(3)11-17-18(16)15(5)20(22)24-17/h6,8,11,16-18H,5,7,9-10H2,1-4H3/b12-8+,13-11+,14-6-/t16-,17+,18+/m0/s1. The third-order valence-electron chi connectivity index (χ3n) is 4.68. The van der Waals surface area contributed by atoms with Gasteiger partial charge in [-0.2, -0.15) is 0 Å². The minimum absolute atomic E-state index is 0.345. The van der Waals surface area contributed by atoms with E-state index in [1.54, 1.807) is 19.9 Å². The SMILES string of the molecule is C=C1C(=O)O[C@@H]2/C=C(\C)CC/C=C(\C)C[C@H](OC(=O)/C(C)=C\C)[C@@H]12. The molecule has 0 spiro atoms. The highest BCUT2D eigenvalue weighted by molar-refractivity contribution is 5.92. The summed E-state index contributed by atoms with van der Waals surface area (Å²) in [5.74, 6) is -1.11. The molecule has 0 aromatic carbocycles. The maximum Gasteiger partial charge on any atom is 0.334 e. The Labute approximate surface area is 143 Å². The van der Waals surface area contributed by atoms with Gasteiger partial charge in [0.05, 0.1) is 5.92 Å². The molecule has 0 amide bonds. The zero-order chi connectivity index (χ0) is 17.9. The lowest BCUT2D eigenvalue weighted by molar-refractivity contribution is -0.147. The van der Waals surface area contributed by atoms with Gasteiger partial charge in [-0.05, 0) is 46.6 Å². The largest absolute Gasteiger partial charge is 0.458 e. The molecule has 0 N–H and O–H groups in total. The van der Waals surface area contributed by atoms with E-state index in [0.717, 1.165) is 24.0 Å². The molecular formula is C20H26O4. The van der Waals surface area contributed by atoms with Crippen LogP contribution in [-0.2, 0) is 19.1 Å². The van der Waals surface area contributed by atoms with Crippen molar-refractivity contribution in [3.63, 3.8) is 0 Å². The van der Waals surface area contributed by atoms with Crippen LogP contribution in [0.5, 0.6) is 0 Å². The van der Waals surface area contributed by atoms with E-state index in [1.807, 2.05) is 19.9 Å². The van der Waals surface area contributed by atoms with E-state index in [9.17, 15) is 9.59 Å². The highest BCUT2D eigenvalue weighted by atomic mass is 16.6. The van der Waals surface area contributed by atoms with E-state index in [1.165, 1.54) is 0 Å². The van der Waals surface area contributed by atoms with Gasteiger partial charge in [0.2, 0.25) is 0 Å². The lowest BCUT2D eigenvalue weighted by atomic mass is 9.85. The highest BCUT2D eigenvalue weighted by Gasteiger charge is 2.44. The first-order valence-corrected chi connectivity index (χ1v) is 8.40. The number of ether oxygens (including phenoxy) is 2. The van der Waals surface area contributed by atoms with Crippen LogP contribution in [0.25, 0.3) is 0 Å². The summed E-state index contributed by atoms with van der Waals surface area (Å²) in [5, 5.41) is 0. The van der Waals surface area contributed by atoms with Gasteiger partial charge in [-0.3, -0.25) is 0 Å². The number of carbonyl (C=O) groups excluding carboxylic acids is 2. The minimum Gasteiger partial charge on any atom is -0.458 e. The average Bonchev–Trinajstić information content (AvgIpc) is 2.79. The zero-order valence-electron chi connectivity index (χ0n) is 14.9. The summed E-state index contributed by atoms with van der Waals surface area (Å²) < 4.78 is 11.2. The van der Waals surface area contributed by atoms with Crippen molar-refractivity contribution >= 4 is 11.9 Å². The summed E-state index contributed by atoms with van der Waals surface area (Å²) in [4.78, 5) is 24.3. The lowest BCUT2D eigenvalue weighted by Crippen LogP contribution is -2.33. The second kappa shape index (κ2) is 7.65. The molecule has 0 radical (unpaired) electrons. The van der Waals surface area contributed by atoms with E-state index in [0.29, 0.717) is 17.6 Å². The Bertz CT molecular complexity index is 636. The first-order valence-electron chi connectivity index (χ1n) is 8.40. The molecule has 1 saturated heterocycles. The Morgan fingerprint density at radius 3 is 2.75 bits per heavy atom. The number of rotatable bonds is 2. The van der Waals surface area contributed by atoms with Gasteiger partial charge in [-0.25, -0.2) is 9.59 Å². The van der Waals surface area contributed by atoms with E-state index in [2.05, 4.69) is 12.7 Å². The summed E-state index contributed by atoms with van der Waals surface area (Å²) >= 11 is 0. The second-order valence-electron chi connectivity index (χ2n) is 6.64. The maximum atomic E-state index is 12.3. The molecule has 0 unspecified atom stereocenters. The summed E-state index contributed by atoms with van der Waals surface area (Å²) in [7, 11) is 0. The van der Waals surface area contributed by atoms with E-state index < -0.39 is 18.2 Å². The fraction of sp³-hybridized carbons (Fsp3) is 0.500. The smallest absolute Gasteiger partial charge is 0.334 e. The van der Waals surface area contributed by atoms with Crippen molar-refractivity contribution in [3.05, 3.63) is 47.1 Å². The number of allylic oxidation sites excluding steroid dienone is 3. The van der Waals surface area contributed by atoms with Crippen LogP contribution in [0.3, 0.4) is 0 Å². The summed E-state index contributed by atoms with van der Waals surface area (Å²) in [6.45, 7) is 11.5. The Hall–Kier alpha value is -2.10. The predicted octanol–water partition coefficient (Wildman–Crippen LogP) is 4.04. The molecule has 1 aliphatic carbocycles. The molecule has 1 aliphatic heterocycles. The Morgan fingerprint density at radius 2 is 2.08 bits per heavy atom. The van der Waals surface area contributed by atoms with Gasteiger partial charge in [0.15, 0.2) is 0 Å². The van der Waals surface area contributed by atoms with Crippen molar-refractivity contribution in [1.82, 2.24) is 0 Å². The summed E-state index contributed by atoms with van der Waals surface area (Å²) in [6, 6.07) is 0. The van der Waals surface area contributed by atoms with E-state index >= 15 is 0 Å². The third kappa shape index (κ3) is 4.05. The number of esters is 2. The molecule has 4 nitrogen and oxygen atoms in total. The molecule has 0 saturated carbocycles. The zero-order valence-corrected chi connectivity index (χ0v) is 14.9. The Balaban J connectivity index is 2.38. The summed E-state index contributed by atoms with van der Waals surface area (Å²) in [6.07, 6.45) is 7.40. The van der Waals surface area contributed by atoms with Crippen LogP contribution in [0.4, 0.5) is 0 Å². The molecule has 3 atom stereocenters.